The van der Waals surface area contributed by atoms with Crippen LogP contribution in [0.2, 0.25) is 0 Å². The fourth-order valence-corrected chi connectivity index (χ4v) is 2.84. The Bertz CT molecular complexity index is 710. The van der Waals surface area contributed by atoms with Crippen molar-refractivity contribution in [1.29, 1.82) is 0 Å². The molecule has 5 heteroatoms. The molecule has 3 rings (SSSR count). The van der Waals surface area contributed by atoms with Crippen molar-refractivity contribution in [3.05, 3.63) is 48.4 Å². The number of morpholine rings is 1. The highest BCUT2D eigenvalue weighted by Crippen LogP contribution is 2.27. The first-order valence-electron chi connectivity index (χ1n) is 8.23. The molecule has 0 radical (unpaired) electrons. The van der Waals surface area contributed by atoms with E-state index in [4.69, 9.17) is 4.74 Å². The van der Waals surface area contributed by atoms with Crippen LogP contribution in [-0.4, -0.2) is 46.6 Å². The van der Waals surface area contributed by atoms with E-state index in [1.165, 1.54) is 6.33 Å². The van der Waals surface area contributed by atoms with Gasteiger partial charge in [0.25, 0.3) is 5.91 Å². The molecule has 126 valence electrons. The van der Waals surface area contributed by atoms with Gasteiger partial charge in [-0.15, -0.1) is 0 Å². The topological polar surface area (TPSA) is 55.3 Å². The Kier molecular flexibility index (Phi) is 4.62. The van der Waals surface area contributed by atoms with Crippen molar-refractivity contribution in [3.8, 4) is 11.3 Å². The number of carbonyl (C=O) groups excluding carboxylic acids is 1. The monoisotopic (exact) mass is 325 g/mol. The molecule has 1 fully saturated rings. The second-order valence-electron chi connectivity index (χ2n) is 7.13. The minimum absolute atomic E-state index is 0.00556. The molecule has 0 bridgehead atoms. The Morgan fingerprint density at radius 3 is 2.71 bits per heavy atom. The van der Waals surface area contributed by atoms with E-state index in [0.717, 1.165) is 5.56 Å². The largest absolute Gasteiger partial charge is 0.374 e. The highest BCUT2D eigenvalue weighted by Gasteiger charge is 2.33. The summed E-state index contributed by atoms with van der Waals surface area (Å²) < 4.78 is 5.85. The summed E-state index contributed by atoms with van der Waals surface area (Å²) in [5.41, 5.74) is 2.13. The predicted molar refractivity (Wildman–Crippen MR) is 92.6 cm³/mol. The molecular formula is C19H23N3O2. The number of rotatable bonds is 2. The number of hydrogen-bond acceptors (Lipinski definition) is 4. The molecule has 0 aliphatic carbocycles. The average Bonchev–Trinajstić information content (AvgIpc) is 2.61. The first-order valence-corrected chi connectivity index (χ1v) is 8.23. The summed E-state index contributed by atoms with van der Waals surface area (Å²) in [4.78, 5) is 23.3. The van der Waals surface area contributed by atoms with E-state index in [2.05, 4.69) is 30.7 Å². The molecule has 1 aliphatic heterocycles. The Labute approximate surface area is 142 Å². The first-order chi connectivity index (χ1) is 11.5. The third-order valence-corrected chi connectivity index (χ3v) is 4.31. The Hall–Kier alpha value is -2.27. The maximum absolute atomic E-state index is 13.1. The molecule has 0 N–H and O–H groups in total. The summed E-state index contributed by atoms with van der Waals surface area (Å²) >= 11 is 0. The van der Waals surface area contributed by atoms with Crippen LogP contribution in [0.25, 0.3) is 11.3 Å². The molecular weight excluding hydrogens is 302 g/mol. The number of hydrogen-bond donors (Lipinski definition) is 0. The van der Waals surface area contributed by atoms with Gasteiger partial charge in [-0.25, -0.2) is 9.97 Å². The van der Waals surface area contributed by atoms with Gasteiger partial charge in [0.1, 0.15) is 6.33 Å². The maximum atomic E-state index is 13.1. The number of benzene rings is 1. The summed E-state index contributed by atoms with van der Waals surface area (Å²) in [7, 11) is 0. The lowest BCUT2D eigenvalue weighted by molar-refractivity contribution is -0.0706. The quantitative estimate of drug-likeness (QED) is 0.851. The van der Waals surface area contributed by atoms with Crippen LogP contribution in [0.15, 0.2) is 42.9 Å². The summed E-state index contributed by atoms with van der Waals surface area (Å²) in [6, 6.07) is 9.74. The van der Waals surface area contributed by atoms with Crippen LogP contribution in [-0.2, 0) is 4.74 Å². The second kappa shape index (κ2) is 6.69. The van der Waals surface area contributed by atoms with Gasteiger partial charge in [0.05, 0.1) is 24.0 Å². The maximum Gasteiger partial charge on any atom is 0.257 e. The van der Waals surface area contributed by atoms with E-state index in [-0.39, 0.29) is 17.4 Å². The smallest absolute Gasteiger partial charge is 0.257 e. The van der Waals surface area contributed by atoms with Crippen LogP contribution in [0.3, 0.4) is 0 Å². The summed E-state index contributed by atoms with van der Waals surface area (Å²) in [5, 5.41) is 0. The van der Waals surface area contributed by atoms with Crippen molar-refractivity contribution in [2.75, 3.05) is 19.7 Å². The second-order valence-corrected chi connectivity index (χ2v) is 7.13. The molecule has 2 heterocycles. The fourth-order valence-electron chi connectivity index (χ4n) is 2.84. The molecule has 1 saturated heterocycles. The lowest BCUT2D eigenvalue weighted by atomic mass is 9.88. The SMILES string of the molecule is CC(C)(C)[C@@H]1CN(C(=O)c2cncnc2-c2ccccc2)CCO1. The van der Waals surface area contributed by atoms with Crippen LogP contribution in [0, 0.1) is 5.41 Å². The van der Waals surface area contributed by atoms with Gasteiger partial charge in [-0.05, 0) is 5.41 Å². The van der Waals surface area contributed by atoms with E-state index in [1.54, 1.807) is 6.20 Å². The van der Waals surface area contributed by atoms with Crippen molar-refractivity contribution in [3.63, 3.8) is 0 Å². The van der Waals surface area contributed by atoms with Gasteiger partial charge in [-0.3, -0.25) is 4.79 Å². The van der Waals surface area contributed by atoms with E-state index < -0.39 is 0 Å². The van der Waals surface area contributed by atoms with E-state index in [0.29, 0.717) is 31.0 Å². The highest BCUT2D eigenvalue weighted by atomic mass is 16.5. The molecule has 0 unspecified atom stereocenters. The molecule has 2 aromatic rings. The van der Waals surface area contributed by atoms with Gasteiger partial charge in [-0.2, -0.15) is 0 Å². The lowest BCUT2D eigenvalue weighted by Gasteiger charge is -2.39. The molecule has 1 aromatic carbocycles. The normalized spacial score (nSPS) is 18.5. The molecule has 0 spiro atoms. The molecule has 1 atom stereocenters. The van der Waals surface area contributed by atoms with Crippen LogP contribution >= 0.6 is 0 Å². The van der Waals surface area contributed by atoms with Gasteiger partial charge >= 0.3 is 0 Å². The minimum Gasteiger partial charge on any atom is -0.374 e. The van der Waals surface area contributed by atoms with Gasteiger partial charge in [-0.1, -0.05) is 51.1 Å². The third-order valence-electron chi connectivity index (χ3n) is 4.31. The number of ether oxygens (including phenoxy) is 1. The molecule has 1 aromatic heterocycles. The van der Waals surface area contributed by atoms with Gasteiger partial charge in [0.15, 0.2) is 0 Å². The van der Waals surface area contributed by atoms with E-state index >= 15 is 0 Å². The summed E-state index contributed by atoms with van der Waals surface area (Å²) in [5.74, 6) is -0.0352. The van der Waals surface area contributed by atoms with Gasteiger partial charge < -0.3 is 9.64 Å². The number of nitrogens with zero attached hydrogens (tertiary/aromatic N) is 3. The number of amides is 1. The first kappa shape index (κ1) is 16.6. The Morgan fingerprint density at radius 2 is 2.00 bits per heavy atom. The average molecular weight is 325 g/mol. The summed E-state index contributed by atoms with van der Waals surface area (Å²) in [6.45, 7) is 8.13. The Morgan fingerprint density at radius 1 is 1.25 bits per heavy atom. The van der Waals surface area contributed by atoms with E-state index in [1.807, 2.05) is 35.2 Å². The van der Waals surface area contributed by atoms with Gasteiger partial charge in [0, 0.05) is 24.8 Å². The van der Waals surface area contributed by atoms with Crippen molar-refractivity contribution in [1.82, 2.24) is 14.9 Å². The van der Waals surface area contributed by atoms with Crippen molar-refractivity contribution < 1.29 is 9.53 Å². The fraction of sp³-hybridized carbons (Fsp3) is 0.421. The number of carbonyl (C=O) groups is 1. The molecule has 0 saturated carbocycles. The standard InChI is InChI=1S/C19H23N3O2/c1-19(2,3)16-12-22(9-10-24-16)18(23)15-11-20-13-21-17(15)14-7-5-4-6-8-14/h4-8,11,13,16H,9-10,12H2,1-3H3/t16-/m0/s1. The van der Waals surface area contributed by atoms with Crippen molar-refractivity contribution >= 4 is 5.91 Å². The number of aromatic nitrogens is 2. The van der Waals surface area contributed by atoms with Crippen LogP contribution in [0.4, 0.5) is 0 Å². The van der Waals surface area contributed by atoms with Gasteiger partial charge in [0.2, 0.25) is 0 Å². The highest BCUT2D eigenvalue weighted by molar-refractivity contribution is 5.99. The predicted octanol–water partition coefficient (Wildman–Crippen LogP) is 3.03. The zero-order valence-corrected chi connectivity index (χ0v) is 14.4. The zero-order valence-electron chi connectivity index (χ0n) is 14.4. The van der Waals surface area contributed by atoms with Crippen molar-refractivity contribution in [2.24, 2.45) is 5.41 Å². The molecule has 1 aliphatic rings. The van der Waals surface area contributed by atoms with Crippen LogP contribution in [0.5, 0.6) is 0 Å². The lowest BCUT2D eigenvalue weighted by Crippen LogP contribution is -2.50. The molecule has 1 amide bonds. The van der Waals surface area contributed by atoms with Crippen molar-refractivity contribution in [2.45, 2.75) is 26.9 Å². The Balaban J connectivity index is 1.88. The molecule has 5 nitrogen and oxygen atoms in total. The van der Waals surface area contributed by atoms with Crippen LogP contribution in [0.1, 0.15) is 31.1 Å². The molecule has 24 heavy (non-hydrogen) atoms. The van der Waals surface area contributed by atoms with E-state index in [9.17, 15) is 4.79 Å². The van der Waals surface area contributed by atoms with Crippen LogP contribution < -0.4 is 0 Å². The minimum atomic E-state index is -0.0352. The third kappa shape index (κ3) is 3.46. The summed E-state index contributed by atoms with van der Waals surface area (Å²) in [6.07, 6.45) is 3.12. The zero-order chi connectivity index (χ0) is 17.2.